The monoisotopic (exact) mass is 460 g/mol. The Balaban J connectivity index is 1.69. The maximum absolute atomic E-state index is 6.56. The molecule has 1 aliphatic heterocycles. The number of hydrogen-bond acceptors (Lipinski definition) is 7. The molecule has 0 saturated carbocycles. The van der Waals surface area contributed by atoms with Gasteiger partial charge in [-0.25, -0.2) is 9.97 Å². The molecule has 0 aliphatic carbocycles. The van der Waals surface area contributed by atoms with Crippen molar-refractivity contribution < 1.29 is 14.2 Å². The molecule has 4 rings (SSSR count). The Bertz CT molecular complexity index is 1100. The van der Waals surface area contributed by atoms with E-state index in [9.17, 15) is 0 Å². The molecule has 0 amide bonds. The van der Waals surface area contributed by atoms with Gasteiger partial charge in [0.15, 0.2) is 0 Å². The van der Waals surface area contributed by atoms with E-state index in [4.69, 9.17) is 37.4 Å². The van der Waals surface area contributed by atoms with E-state index >= 15 is 0 Å². The van der Waals surface area contributed by atoms with Gasteiger partial charge in [0.2, 0.25) is 5.95 Å². The first-order valence-electron chi connectivity index (χ1n) is 9.73. The number of fused-ring (bicyclic) bond motifs is 1. The molecule has 2 heterocycles. The van der Waals surface area contributed by atoms with Crippen molar-refractivity contribution in [1.29, 1.82) is 0 Å². The number of aromatic nitrogens is 2. The lowest BCUT2D eigenvalue weighted by molar-refractivity contribution is 0.0773. The lowest BCUT2D eigenvalue weighted by Gasteiger charge is -2.29. The molecular weight excluding hydrogens is 439 g/mol. The van der Waals surface area contributed by atoms with E-state index in [1.54, 1.807) is 26.5 Å². The predicted molar refractivity (Wildman–Crippen MR) is 124 cm³/mol. The van der Waals surface area contributed by atoms with Crippen LogP contribution in [0.3, 0.4) is 0 Å². The van der Waals surface area contributed by atoms with Gasteiger partial charge in [-0.1, -0.05) is 29.3 Å². The second-order valence-corrected chi connectivity index (χ2v) is 7.87. The summed E-state index contributed by atoms with van der Waals surface area (Å²) in [4.78, 5) is 13.3. The van der Waals surface area contributed by atoms with Crippen molar-refractivity contribution in [2.75, 3.05) is 32.8 Å². The number of halogens is 2. The Kier molecular flexibility index (Phi) is 6.46. The van der Waals surface area contributed by atoms with Crippen molar-refractivity contribution in [1.82, 2.24) is 9.97 Å². The summed E-state index contributed by atoms with van der Waals surface area (Å²) < 4.78 is 16.3. The number of nitrogens with one attached hydrogen (secondary N) is 1. The van der Waals surface area contributed by atoms with E-state index in [1.165, 1.54) is 0 Å². The molecule has 0 bridgehead atoms. The van der Waals surface area contributed by atoms with Crippen LogP contribution in [-0.2, 0) is 4.74 Å². The molecule has 1 aromatic heterocycles. The molecule has 0 radical (unpaired) electrons. The molecule has 2 aromatic carbocycles. The fraction of sp³-hybridized carbons (Fsp3) is 0.318. The van der Waals surface area contributed by atoms with Gasteiger partial charge in [0.05, 0.1) is 48.5 Å². The van der Waals surface area contributed by atoms with Gasteiger partial charge >= 0.3 is 0 Å². The number of benzene rings is 2. The molecule has 162 valence electrons. The highest BCUT2D eigenvalue weighted by Gasteiger charge is 2.25. The minimum absolute atomic E-state index is 0.00941. The second-order valence-electron chi connectivity index (χ2n) is 7.12. The quantitative estimate of drug-likeness (QED) is 0.527. The van der Waals surface area contributed by atoms with Crippen LogP contribution in [0.4, 0.5) is 5.95 Å². The lowest BCUT2D eigenvalue weighted by atomic mass is 10.0. The fourth-order valence-corrected chi connectivity index (χ4v) is 4.37. The van der Waals surface area contributed by atoms with Gasteiger partial charge in [-0.2, -0.15) is 0 Å². The molecule has 0 unspecified atom stereocenters. The molecule has 3 aromatic rings. The van der Waals surface area contributed by atoms with Gasteiger partial charge in [-0.05, 0) is 30.8 Å². The zero-order chi connectivity index (χ0) is 22.0. The second kappa shape index (κ2) is 9.26. The van der Waals surface area contributed by atoms with Crippen molar-refractivity contribution in [3.63, 3.8) is 0 Å². The SMILES string of the molecule is C=N[C@H]1CCOC[C@H]1Nc1ncc2cc(-c3c(Cl)c(OC)cc(OC)c3Cl)ccc2n1. The van der Waals surface area contributed by atoms with E-state index in [0.29, 0.717) is 46.3 Å². The highest BCUT2D eigenvalue weighted by atomic mass is 35.5. The topological polar surface area (TPSA) is 77.9 Å². The normalized spacial score (nSPS) is 18.6. The van der Waals surface area contributed by atoms with Crippen LogP contribution in [0.25, 0.3) is 22.0 Å². The predicted octanol–water partition coefficient (Wildman–Crippen LogP) is 4.89. The van der Waals surface area contributed by atoms with Gasteiger partial charge in [0.25, 0.3) is 0 Å². The Hall–Kier alpha value is -2.61. The Labute approximate surface area is 190 Å². The van der Waals surface area contributed by atoms with Crippen molar-refractivity contribution in [3.8, 4) is 22.6 Å². The van der Waals surface area contributed by atoms with Crippen LogP contribution < -0.4 is 14.8 Å². The van der Waals surface area contributed by atoms with Gasteiger partial charge < -0.3 is 19.5 Å². The van der Waals surface area contributed by atoms with Gasteiger partial charge in [0, 0.05) is 29.8 Å². The standard InChI is InChI=1S/C22H22Cl2N4O3/c1-25-15-6-7-31-11-16(15)28-22-26-10-13-8-12(4-5-14(13)27-22)19-20(23)17(29-2)9-18(30-3)21(19)24/h4-5,8-10,15-16H,1,6-7,11H2,2-3H3,(H,26,27,28)/t15-,16+/m0/s1. The van der Waals surface area contributed by atoms with E-state index in [1.807, 2.05) is 18.2 Å². The summed E-state index contributed by atoms with van der Waals surface area (Å²) in [5.74, 6) is 1.48. The maximum Gasteiger partial charge on any atom is 0.223 e. The smallest absolute Gasteiger partial charge is 0.223 e. The molecule has 0 spiro atoms. The van der Waals surface area contributed by atoms with Gasteiger partial charge in [-0.3, -0.25) is 4.99 Å². The van der Waals surface area contributed by atoms with Crippen LogP contribution in [0.5, 0.6) is 11.5 Å². The first kappa shape index (κ1) is 21.6. The third-order valence-electron chi connectivity index (χ3n) is 5.31. The van der Waals surface area contributed by atoms with E-state index in [2.05, 4.69) is 27.0 Å². The summed E-state index contributed by atoms with van der Waals surface area (Å²) in [6, 6.07) is 7.46. The molecule has 1 saturated heterocycles. The first-order chi connectivity index (χ1) is 15.0. The van der Waals surface area contributed by atoms with E-state index in [-0.39, 0.29) is 12.1 Å². The number of methoxy groups -OCH3 is 2. The molecule has 9 heteroatoms. The highest BCUT2D eigenvalue weighted by Crippen LogP contribution is 2.46. The molecule has 31 heavy (non-hydrogen) atoms. The van der Waals surface area contributed by atoms with Crippen LogP contribution in [0.1, 0.15) is 6.42 Å². The van der Waals surface area contributed by atoms with E-state index in [0.717, 1.165) is 22.9 Å². The first-order valence-corrected chi connectivity index (χ1v) is 10.5. The number of ether oxygens (including phenoxy) is 3. The van der Waals surface area contributed by atoms with Crippen LogP contribution in [0.2, 0.25) is 10.0 Å². The molecular formula is C22H22Cl2N4O3. The maximum atomic E-state index is 6.56. The fourth-order valence-electron chi connectivity index (χ4n) is 3.65. The summed E-state index contributed by atoms with van der Waals surface area (Å²) >= 11 is 13.1. The number of aliphatic imine (C=N–C) groups is 1. The van der Waals surface area contributed by atoms with Crippen molar-refractivity contribution >= 4 is 46.8 Å². The Morgan fingerprint density at radius 3 is 2.58 bits per heavy atom. The van der Waals surface area contributed by atoms with Crippen molar-refractivity contribution in [2.45, 2.75) is 18.5 Å². The third-order valence-corrected chi connectivity index (χ3v) is 6.06. The average molecular weight is 461 g/mol. The molecule has 1 aliphatic rings. The van der Waals surface area contributed by atoms with Crippen LogP contribution in [0, 0.1) is 0 Å². The molecule has 2 atom stereocenters. The van der Waals surface area contributed by atoms with Gasteiger partial charge in [-0.15, -0.1) is 0 Å². The summed E-state index contributed by atoms with van der Waals surface area (Å²) in [6.07, 6.45) is 2.58. The summed E-state index contributed by atoms with van der Waals surface area (Å²) in [6.45, 7) is 4.90. The summed E-state index contributed by atoms with van der Waals surface area (Å²) in [5.41, 5.74) is 2.21. The number of hydrogen-bond donors (Lipinski definition) is 1. The minimum Gasteiger partial charge on any atom is -0.495 e. The summed E-state index contributed by atoms with van der Waals surface area (Å²) in [7, 11) is 3.09. The Morgan fingerprint density at radius 2 is 1.90 bits per heavy atom. The molecule has 1 N–H and O–H groups in total. The lowest BCUT2D eigenvalue weighted by Crippen LogP contribution is -2.41. The van der Waals surface area contributed by atoms with Crippen molar-refractivity contribution in [3.05, 3.63) is 40.5 Å². The zero-order valence-corrected chi connectivity index (χ0v) is 18.7. The van der Waals surface area contributed by atoms with Crippen LogP contribution in [-0.4, -0.2) is 56.2 Å². The number of nitrogens with zero attached hydrogens (tertiary/aromatic N) is 3. The largest absolute Gasteiger partial charge is 0.495 e. The van der Waals surface area contributed by atoms with Gasteiger partial charge in [0.1, 0.15) is 11.5 Å². The number of rotatable bonds is 6. The zero-order valence-electron chi connectivity index (χ0n) is 17.2. The summed E-state index contributed by atoms with van der Waals surface area (Å²) in [5, 5.41) is 4.97. The minimum atomic E-state index is -0.00941. The molecule has 7 nitrogen and oxygen atoms in total. The van der Waals surface area contributed by atoms with Crippen LogP contribution >= 0.6 is 23.2 Å². The van der Waals surface area contributed by atoms with E-state index < -0.39 is 0 Å². The van der Waals surface area contributed by atoms with Crippen molar-refractivity contribution in [2.24, 2.45) is 4.99 Å². The number of anilines is 1. The highest BCUT2D eigenvalue weighted by molar-refractivity contribution is 6.41. The Morgan fingerprint density at radius 1 is 1.16 bits per heavy atom. The third kappa shape index (κ3) is 4.26. The van der Waals surface area contributed by atoms with Crippen LogP contribution in [0.15, 0.2) is 35.5 Å². The average Bonchev–Trinajstić information content (AvgIpc) is 2.80. The molecule has 1 fully saturated rings.